The number of halogens is 2. The fourth-order valence-corrected chi connectivity index (χ4v) is 5.77. The van der Waals surface area contributed by atoms with Crippen molar-refractivity contribution in [3.8, 4) is 28.2 Å². The maximum absolute atomic E-state index is 6.27. The van der Waals surface area contributed by atoms with Gasteiger partial charge in [0.2, 0.25) is 0 Å². The van der Waals surface area contributed by atoms with Crippen molar-refractivity contribution in [3.05, 3.63) is 162 Å². The van der Waals surface area contributed by atoms with Gasteiger partial charge in [0.1, 0.15) is 0 Å². The Morgan fingerprint density at radius 2 is 1.05 bits per heavy atom. The molecule has 3 aromatic heterocycles. The maximum Gasteiger partial charge on any atom is 0.0730 e. The van der Waals surface area contributed by atoms with E-state index in [0.717, 1.165) is 71.0 Å². The molecule has 0 aliphatic carbocycles. The van der Waals surface area contributed by atoms with E-state index >= 15 is 0 Å². The molecule has 5 heteroatoms. The largest absolute Gasteiger partial charge is 0.316 e. The first kappa shape index (κ1) is 26.9. The van der Waals surface area contributed by atoms with Crippen molar-refractivity contribution in [2.24, 2.45) is 0 Å². The predicted molar refractivity (Wildman–Crippen MR) is 181 cm³/mol. The van der Waals surface area contributed by atoms with E-state index in [-0.39, 0.29) is 0 Å². The molecule has 8 rings (SSSR count). The summed E-state index contributed by atoms with van der Waals surface area (Å²) in [7, 11) is 0. The van der Waals surface area contributed by atoms with Crippen LogP contribution < -0.4 is 0 Å². The van der Waals surface area contributed by atoms with Crippen LogP contribution in [0.1, 0.15) is 0 Å². The van der Waals surface area contributed by atoms with Crippen LogP contribution in [0, 0.1) is 0 Å². The van der Waals surface area contributed by atoms with Gasteiger partial charge in [0.05, 0.1) is 38.6 Å². The second kappa shape index (κ2) is 11.7. The van der Waals surface area contributed by atoms with Gasteiger partial charge in [0.15, 0.2) is 0 Å². The fourth-order valence-electron chi connectivity index (χ4n) is 5.33. The molecule has 0 radical (unpaired) electrons. The highest BCUT2D eigenvalue weighted by Crippen LogP contribution is 2.31. The number of hydrogen-bond donors (Lipinski definition) is 0. The molecule has 0 bridgehead atoms. The molecule has 3 heterocycles. The van der Waals surface area contributed by atoms with Gasteiger partial charge in [-0.25, -0.2) is 9.97 Å². The molecule has 0 unspecified atom stereocenters. The van der Waals surface area contributed by atoms with E-state index in [2.05, 4.69) is 64.3 Å². The van der Waals surface area contributed by atoms with Crippen LogP contribution in [0.5, 0.6) is 0 Å². The molecule has 3 nitrogen and oxygen atoms in total. The lowest BCUT2D eigenvalue weighted by atomic mass is 10.1. The summed E-state index contributed by atoms with van der Waals surface area (Å²) in [4.78, 5) is 9.50. The highest BCUT2D eigenvalue weighted by atomic mass is 35.5. The molecule has 5 aromatic carbocycles. The van der Waals surface area contributed by atoms with E-state index in [1.807, 2.05) is 97.1 Å². The summed E-state index contributed by atoms with van der Waals surface area (Å²) in [5, 5.41) is 4.74. The van der Waals surface area contributed by atoms with Crippen LogP contribution in [0.2, 0.25) is 10.0 Å². The topological polar surface area (TPSA) is 30.7 Å². The van der Waals surface area contributed by atoms with E-state index in [9.17, 15) is 0 Å². The minimum atomic E-state index is 0.745. The van der Waals surface area contributed by atoms with Crippen molar-refractivity contribution < 1.29 is 0 Å². The first-order valence-corrected chi connectivity index (χ1v) is 14.7. The van der Waals surface area contributed by atoms with E-state index in [0.29, 0.717) is 0 Å². The standard InChI is InChI=1S/C23H15ClN2.C15H10ClN/c24-18-10-11-22-17(14-18)12-13-26(22)23-15-21(16-6-2-1-3-7-16)25-20-9-5-4-8-19(20)23;16-13-10-15(11-6-2-1-3-7-11)17-14-9-5-4-8-12(13)14/h1-15H;1-10H. The maximum atomic E-state index is 6.27. The van der Waals surface area contributed by atoms with E-state index in [4.69, 9.17) is 28.2 Å². The molecule has 0 atom stereocenters. The van der Waals surface area contributed by atoms with Gasteiger partial charge in [0, 0.05) is 38.5 Å². The molecule has 0 spiro atoms. The molecule has 0 N–H and O–H groups in total. The Morgan fingerprint density at radius 3 is 1.72 bits per heavy atom. The number of para-hydroxylation sites is 2. The van der Waals surface area contributed by atoms with Gasteiger partial charge in [-0.2, -0.15) is 0 Å². The average molecular weight is 595 g/mol. The minimum absolute atomic E-state index is 0.745. The van der Waals surface area contributed by atoms with Gasteiger partial charge in [-0.15, -0.1) is 0 Å². The van der Waals surface area contributed by atoms with Crippen molar-refractivity contribution >= 4 is 55.9 Å². The third-order valence-electron chi connectivity index (χ3n) is 7.41. The number of hydrogen-bond acceptors (Lipinski definition) is 2. The Hall–Kier alpha value is -4.96. The molecule has 8 aromatic rings. The normalized spacial score (nSPS) is 11.0. The summed E-state index contributed by atoms with van der Waals surface area (Å²) in [6.45, 7) is 0. The number of benzene rings is 5. The van der Waals surface area contributed by atoms with Crippen LogP contribution in [0.15, 0.2) is 152 Å². The molecule has 0 fully saturated rings. The minimum Gasteiger partial charge on any atom is -0.316 e. The fraction of sp³-hybridized carbons (Fsp3) is 0. The van der Waals surface area contributed by atoms with Crippen molar-refractivity contribution in [1.82, 2.24) is 14.5 Å². The molecular formula is C38H25Cl2N3. The zero-order valence-electron chi connectivity index (χ0n) is 23.0. The van der Waals surface area contributed by atoms with Gasteiger partial charge < -0.3 is 4.57 Å². The zero-order valence-corrected chi connectivity index (χ0v) is 24.5. The van der Waals surface area contributed by atoms with Gasteiger partial charge in [0.25, 0.3) is 0 Å². The number of pyridine rings is 2. The van der Waals surface area contributed by atoms with E-state index < -0.39 is 0 Å². The Kier molecular flexibility index (Phi) is 7.34. The SMILES string of the molecule is Clc1cc(-c2ccccc2)nc2ccccc12.Clc1ccc2c(ccn2-c2cc(-c3ccccc3)nc3ccccc23)c1. The third kappa shape index (κ3) is 5.49. The van der Waals surface area contributed by atoms with Crippen LogP contribution in [0.3, 0.4) is 0 Å². The lowest BCUT2D eigenvalue weighted by Gasteiger charge is -2.12. The van der Waals surface area contributed by atoms with Crippen LogP contribution >= 0.6 is 23.2 Å². The number of fused-ring (bicyclic) bond motifs is 3. The molecular weight excluding hydrogens is 569 g/mol. The van der Waals surface area contributed by atoms with Gasteiger partial charge in [-0.3, -0.25) is 0 Å². The quantitative estimate of drug-likeness (QED) is 0.204. The highest BCUT2D eigenvalue weighted by molar-refractivity contribution is 6.35. The Morgan fingerprint density at radius 1 is 0.488 bits per heavy atom. The second-order valence-electron chi connectivity index (χ2n) is 10.2. The first-order chi connectivity index (χ1) is 21.1. The Balaban J connectivity index is 0.000000153. The van der Waals surface area contributed by atoms with Crippen LogP contribution in [0.4, 0.5) is 0 Å². The monoisotopic (exact) mass is 593 g/mol. The van der Waals surface area contributed by atoms with Crippen molar-refractivity contribution in [1.29, 1.82) is 0 Å². The molecule has 206 valence electrons. The molecule has 0 aliphatic heterocycles. The van der Waals surface area contributed by atoms with Crippen LogP contribution in [0.25, 0.3) is 60.9 Å². The number of aromatic nitrogens is 3. The Labute approximate surface area is 259 Å². The van der Waals surface area contributed by atoms with Gasteiger partial charge in [-0.1, -0.05) is 120 Å². The van der Waals surface area contributed by atoms with Crippen molar-refractivity contribution in [2.45, 2.75) is 0 Å². The molecule has 43 heavy (non-hydrogen) atoms. The highest BCUT2D eigenvalue weighted by Gasteiger charge is 2.11. The lowest BCUT2D eigenvalue weighted by Crippen LogP contribution is -1.97. The van der Waals surface area contributed by atoms with Crippen LogP contribution in [-0.2, 0) is 0 Å². The number of rotatable bonds is 3. The van der Waals surface area contributed by atoms with Gasteiger partial charge in [-0.05, 0) is 48.5 Å². The van der Waals surface area contributed by atoms with E-state index in [1.165, 1.54) is 0 Å². The Bertz CT molecular complexity index is 2210. The summed E-state index contributed by atoms with van der Waals surface area (Å²) in [5.74, 6) is 0. The average Bonchev–Trinajstić information content (AvgIpc) is 3.48. The molecule has 0 amide bonds. The summed E-state index contributed by atoms with van der Waals surface area (Å²) >= 11 is 12.4. The van der Waals surface area contributed by atoms with Gasteiger partial charge >= 0.3 is 0 Å². The summed E-state index contributed by atoms with van der Waals surface area (Å²) in [6.07, 6.45) is 2.09. The smallest absolute Gasteiger partial charge is 0.0730 e. The predicted octanol–water partition coefficient (Wildman–Crippen LogP) is 11.1. The summed E-state index contributed by atoms with van der Waals surface area (Å²) in [6, 6.07) is 48.7. The van der Waals surface area contributed by atoms with E-state index in [1.54, 1.807) is 0 Å². The number of nitrogens with zero attached hydrogens (tertiary/aromatic N) is 3. The molecule has 0 saturated carbocycles. The molecule has 0 saturated heterocycles. The molecule has 0 aliphatic rings. The van der Waals surface area contributed by atoms with Crippen LogP contribution in [-0.4, -0.2) is 14.5 Å². The third-order valence-corrected chi connectivity index (χ3v) is 7.96. The lowest BCUT2D eigenvalue weighted by molar-refractivity contribution is 1.14. The summed E-state index contributed by atoms with van der Waals surface area (Å²) < 4.78 is 2.21. The second-order valence-corrected chi connectivity index (χ2v) is 11.0. The van der Waals surface area contributed by atoms with Crippen molar-refractivity contribution in [3.63, 3.8) is 0 Å². The first-order valence-electron chi connectivity index (χ1n) is 14.0. The zero-order chi connectivity index (χ0) is 29.2. The summed E-state index contributed by atoms with van der Waals surface area (Å²) in [5.41, 5.74) is 8.23. The van der Waals surface area contributed by atoms with Crippen molar-refractivity contribution in [2.75, 3.05) is 0 Å².